The molecule has 0 saturated carbocycles. The number of carbonyl (C=O) groups is 4. The molecule has 0 fully saturated rings. The van der Waals surface area contributed by atoms with Crippen LogP contribution in [-0.2, 0) is 65.4 Å². The summed E-state index contributed by atoms with van der Waals surface area (Å²) in [6.45, 7) is 7.25. The van der Waals surface area contributed by atoms with Gasteiger partial charge in [0.2, 0.25) is 0 Å². The maximum absolute atomic E-state index is 13.0. The normalized spacial score (nSPS) is 14.3. The van der Waals surface area contributed by atoms with Gasteiger partial charge in [0.1, 0.15) is 19.3 Å². The van der Waals surface area contributed by atoms with Gasteiger partial charge in [-0.1, -0.05) is 324 Å². The van der Waals surface area contributed by atoms with Crippen molar-refractivity contribution in [3.05, 3.63) is 0 Å². The van der Waals surface area contributed by atoms with Crippen LogP contribution in [0, 0.1) is 5.92 Å². The molecule has 0 aromatic carbocycles. The lowest BCUT2D eigenvalue weighted by molar-refractivity contribution is -0.161. The SMILES string of the molecule is CCCCCCCCCCCCCCCCCCCCC(=O)O[C@H](COC(=O)CCCCCCCCCCC(C)CC)COP(=O)(O)OC[C@@H](O)COP(=O)(O)OC[C@@H](COC(=O)CCCCCCCCCCC)OC(=O)CCCCCCCCCCCCCC. The Balaban J connectivity index is 5.22. The molecule has 0 aromatic heterocycles. The number of phosphoric acid groups is 2. The molecule has 0 heterocycles. The first kappa shape index (κ1) is 89.1. The van der Waals surface area contributed by atoms with E-state index in [1.54, 1.807) is 0 Å². The predicted octanol–water partition coefficient (Wildman–Crippen LogP) is 20.9. The van der Waals surface area contributed by atoms with Gasteiger partial charge in [-0.15, -0.1) is 0 Å². The number of phosphoric ester groups is 2. The molecule has 540 valence electrons. The molecule has 19 heteroatoms. The Labute approximate surface area is 556 Å². The number of hydrogen-bond donors (Lipinski definition) is 3. The Morgan fingerprint density at radius 1 is 0.308 bits per heavy atom. The van der Waals surface area contributed by atoms with Gasteiger partial charge in [-0.25, -0.2) is 9.13 Å². The molecule has 0 rings (SSSR count). The van der Waals surface area contributed by atoms with Crippen LogP contribution in [0.5, 0.6) is 0 Å². The van der Waals surface area contributed by atoms with E-state index >= 15 is 0 Å². The van der Waals surface area contributed by atoms with Gasteiger partial charge in [-0.2, -0.15) is 0 Å². The Bertz CT molecular complexity index is 1760. The van der Waals surface area contributed by atoms with Crippen molar-refractivity contribution in [2.75, 3.05) is 39.6 Å². The summed E-state index contributed by atoms with van der Waals surface area (Å²) in [6, 6.07) is 0. The second-order valence-electron chi connectivity index (χ2n) is 26.2. The number of unbranched alkanes of at least 4 members (excludes halogenated alkanes) is 43. The number of ether oxygens (including phenoxy) is 4. The predicted molar refractivity (Wildman–Crippen MR) is 368 cm³/mol. The van der Waals surface area contributed by atoms with E-state index in [1.165, 1.54) is 199 Å². The minimum atomic E-state index is -4.95. The molecule has 0 radical (unpaired) electrons. The second-order valence-corrected chi connectivity index (χ2v) is 29.1. The first-order valence-corrected chi connectivity index (χ1v) is 40.7. The zero-order valence-electron chi connectivity index (χ0n) is 59.0. The monoisotopic (exact) mass is 1340 g/mol. The average molecular weight is 1340 g/mol. The van der Waals surface area contributed by atoms with E-state index in [1.807, 2.05) is 0 Å². The Morgan fingerprint density at radius 2 is 0.527 bits per heavy atom. The Hall–Kier alpha value is -1.94. The molecule has 91 heavy (non-hydrogen) atoms. The topological polar surface area (TPSA) is 237 Å². The van der Waals surface area contributed by atoms with E-state index in [2.05, 4.69) is 34.6 Å². The highest BCUT2D eigenvalue weighted by atomic mass is 31.2. The van der Waals surface area contributed by atoms with Crippen molar-refractivity contribution in [3.8, 4) is 0 Å². The molecule has 0 aliphatic carbocycles. The molecule has 0 amide bonds. The minimum absolute atomic E-state index is 0.107. The maximum Gasteiger partial charge on any atom is 0.472 e. The highest BCUT2D eigenvalue weighted by Crippen LogP contribution is 2.45. The van der Waals surface area contributed by atoms with Crippen LogP contribution < -0.4 is 0 Å². The van der Waals surface area contributed by atoms with Crippen molar-refractivity contribution < 1.29 is 80.2 Å². The molecule has 0 aliphatic rings. The number of carbonyl (C=O) groups excluding carboxylic acids is 4. The van der Waals surface area contributed by atoms with E-state index in [4.69, 9.17) is 37.0 Å². The van der Waals surface area contributed by atoms with E-state index in [9.17, 15) is 43.2 Å². The zero-order valence-corrected chi connectivity index (χ0v) is 60.8. The molecule has 0 saturated heterocycles. The molecule has 3 unspecified atom stereocenters. The molecule has 6 atom stereocenters. The smallest absolute Gasteiger partial charge is 0.462 e. The molecule has 0 bridgehead atoms. The molecule has 0 aromatic rings. The summed E-state index contributed by atoms with van der Waals surface area (Å²) in [4.78, 5) is 72.6. The number of aliphatic hydroxyl groups excluding tert-OH is 1. The highest BCUT2D eigenvalue weighted by Gasteiger charge is 2.30. The van der Waals surface area contributed by atoms with Gasteiger partial charge in [-0.3, -0.25) is 37.3 Å². The summed E-state index contributed by atoms with van der Waals surface area (Å²) >= 11 is 0. The molecule has 3 N–H and O–H groups in total. The van der Waals surface area contributed by atoms with Gasteiger partial charge in [-0.05, 0) is 31.6 Å². The summed E-state index contributed by atoms with van der Waals surface area (Å²) in [5, 5.41) is 10.6. The molecule has 0 aliphatic heterocycles. The van der Waals surface area contributed by atoms with E-state index in [0.29, 0.717) is 25.7 Å². The fraction of sp³-hybridized carbons (Fsp3) is 0.944. The summed E-state index contributed by atoms with van der Waals surface area (Å²) < 4.78 is 68.3. The standard InChI is InChI=1S/C72H140O17P2/c1-6-10-13-16-19-22-24-26-27-28-29-30-31-33-36-43-48-53-58-72(77)89-68(62-83-70(75)56-51-46-41-38-37-39-44-49-54-65(5)9-4)64-87-91(80,81)85-60-66(73)59-84-90(78,79)86-63-67(61-82-69(74)55-50-45-40-34-21-18-15-12-8-3)88-71(76)57-52-47-42-35-32-25-23-20-17-14-11-7-2/h65-68,73H,6-64H2,1-5H3,(H,78,79)(H,80,81)/t65?,66-,67+,68+/m0/s1. The first-order chi connectivity index (χ1) is 44.1. The summed E-state index contributed by atoms with van der Waals surface area (Å²) in [7, 11) is -9.90. The molecular formula is C72H140O17P2. The lowest BCUT2D eigenvalue weighted by Crippen LogP contribution is -2.30. The van der Waals surface area contributed by atoms with Gasteiger partial charge in [0.15, 0.2) is 12.2 Å². The van der Waals surface area contributed by atoms with Crippen molar-refractivity contribution in [2.24, 2.45) is 5.92 Å². The number of rotatable bonds is 72. The average Bonchev–Trinajstić information content (AvgIpc) is 3.60. The van der Waals surface area contributed by atoms with Crippen LogP contribution >= 0.6 is 15.6 Å². The Morgan fingerprint density at radius 3 is 0.780 bits per heavy atom. The zero-order chi connectivity index (χ0) is 67.0. The van der Waals surface area contributed by atoms with Crippen LogP contribution in [0.15, 0.2) is 0 Å². The lowest BCUT2D eigenvalue weighted by atomic mass is 9.99. The van der Waals surface area contributed by atoms with Gasteiger partial charge in [0.25, 0.3) is 0 Å². The third kappa shape index (κ3) is 65.1. The third-order valence-corrected chi connectivity index (χ3v) is 19.0. The van der Waals surface area contributed by atoms with Crippen LogP contribution in [0.4, 0.5) is 0 Å². The molecule has 17 nitrogen and oxygen atoms in total. The van der Waals surface area contributed by atoms with Gasteiger partial charge < -0.3 is 33.8 Å². The lowest BCUT2D eigenvalue weighted by Gasteiger charge is -2.21. The van der Waals surface area contributed by atoms with E-state index in [0.717, 1.165) is 95.8 Å². The largest absolute Gasteiger partial charge is 0.472 e. The summed E-state index contributed by atoms with van der Waals surface area (Å²) in [5.74, 6) is -1.34. The van der Waals surface area contributed by atoms with Gasteiger partial charge in [0.05, 0.1) is 26.4 Å². The minimum Gasteiger partial charge on any atom is -0.462 e. The van der Waals surface area contributed by atoms with Crippen LogP contribution in [0.2, 0.25) is 0 Å². The van der Waals surface area contributed by atoms with Gasteiger partial charge >= 0.3 is 39.5 Å². The Kier molecular flexibility index (Phi) is 64.0. The first-order valence-electron chi connectivity index (χ1n) is 37.7. The number of aliphatic hydroxyl groups is 1. The number of hydrogen-bond acceptors (Lipinski definition) is 15. The second kappa shape index (κ2) is 65.4. The fourth-order valence-electron chi connectivity index (χ4n) is 11.0. The highest BCUT2D eigenvalue weighted by molar-refractivity contribution is 7.47. The van der Waals surface area contributed by atoms with Crippen molar-refractivity contribution >= 4 is 39.5 Å². The fourth-order valence-corrected chi connectivity index (χ4v) is 12.5. The summed E-state index contributed by atoms with van der Waals surface area (Å²) in [6.07, 6.45) is 52.6. The molecule has 0 spiro atoms. The van der Waals surface area contributed by atoms with Crippen molar-refractivity contribution in [3.63, 3.8) is 0 Å². The van der Waals surface area contributed by atoms with Crippen LogP contribution in [-0.4, -0.2) is 96.7 Å². The van der Waals surface area contributed by atoms with Crippen LogP contribution in [0.3, 0.4) is 0 Å². The van der Waals surface area contributed by atoms with Crippen LogP contribution in [0.1, 0.15) is 375 Å². The van der Waals surface area contributed by atoms with Gasteiger partial charge in [0, 0.05) is 25.7 Å². The van der Waals surface area contributed by atoms with Crippen molar-refractivity contribution in [1.82, 2.24) is 0 Å². The van der Waals surface area contributed by atoms with E-state index in [-0.39, 0.29) is 25.7 Å². The quantitative estimate of drug-likeness (QED) is 0.0222. The van der Waals surface area contributed by atoms with E-state index < -0.39 is 97.5 Å². The van der Waals surface area contributed by atoms with Crippen molar-refractivity contribution in [1.29, 1.82) is 0 Å². The van der Waals surface area contributed by atoms with Crippen molar-refractivity contribution in [2.45, 2.75) is 393 Å². The number of esters is 4. The summed E-state index contributed by atoms with van der Waals surface area (Å²) in [5.41, 5.74) is 0. The molecular weight excluding hydrogens is 1200 g/mol. The van der Waals surface area contributed by atoms with Crippen LogP contribution in [0.25, 0.3) is 0 Å². The maximum atomic E-state index is 13.0. The third-order valence-electron chi connectivity index (χ3n) is 17.1.